The quantitative estimate of drug-likeness (QED) is 0.402. The van der Waals surface area contributed by atoms with Crippen LogP contribution in [0.25, 0.3) is 0 Å². The van der Waals surface area contributed by atoms with Gasteiger partial charge in [0, 0.05) is 25.7 Å². The summed E-state index contributed by atoms with van der Waals surface area (Å²) in [5, 5.41) is 0. The molecule has 0 aromatic heterocycles. The first-order valence-corrected chi connectivity index (χ1v) is 8.99. The van der Waals surface area contributed by atoms with Crippen molar-refractivity contribution in [2.24, 2.45) is 16.6 Å². The van der Waals surface area contributed by atoms with Gasteiger partial charge in [-0.2, -0.15) is 0 Å². The third kappa shape index (κ3) is 5.74. The molecule has 0 aliphatic carbocycles. The Balaban J connectivity index is 0.00000312. The smallest absolute Gasteiger partial charge is 0.191 e. The van der Waals surface area contributed by atoms with Crippen LogP contribution in [0.15, 0.2) is 29.3 Å². The first-order chi connectivity index (χ1) is 11.6. The van der Waals surface area contributed by atoms with Crippen LogP contribution in [0.5, 0.6) is 5.75 Å². The van der Waals surface area contributed by atoms with Crippen LogP contribution >= 0.6 is 24.0 Å². The lowest BCUT2D eigenvalue weighted by atomic mass is 9.85. The molecule has 1 saturated heterocycles. The van der Waals surface area contributed by atoms with Gasteiger partial charge in [-0.25, -0.2) is 0 Å². The highest BCUT2D eigenvalue weighted by molar-refractivity contribution is 14.0. The number of nitrogens with zero attached hydrogens (tertiary/aromatic N) is 3. The number of piperidine rings is 1. The summed E-state index contributed by atoms with van der Waals surface area (Å²) < 4.78 is 5.28. The highest BCUT2D eigenvalue weighted by Gasteiger charge is 2.30. The number of ether oxygens (including phenoxy) is 1. The molecule has 142 valence electrons. The molecule has 2 atom stereocenters. The van der Waals surface area contributed by atoms with E-state index in [9.17, 15) is 0 Å². The Morgan fingerprint density at radius 2 is 1.92 bits per heavy atom. The second-order valence-corrected chi connectivity index (χ2v) is 6.47. The van der Waals surface area contributed by atoms with Gasteiger partial charge in [-0.05, 0) is 63.9 Å². The zero-order chi connectivity index (χ0) is 17.5. The minimum Gasteiger partial charge on any atom is -0.497 e. The summed E-state index contributed by atoms with van der Waals surface area (Å²) in [6.45, 7) is 7.93. The number of guanidine groups is 1. The van der Waals surface area contributed by atoms with Gasteiger partial charge in [0.25, 0.3) is 0 Å². The molecule has 6 heteroatoms. The molecule has 1 aliphatic heterocycles. The van der Waals surface area contributed by atoms with E-state index in [2.05, 4.69) is 42.8 Å². The van der Waals surface area contributed by atoms with Crippen LogP contribution in [-0.2, 0) is 0 Å². The molecule has 0 spiro atoms. The lowest BCUT2D eigenvalue weighted by Gasteiger charge is -2.39. The Morgan fingerprint density at radius 1 is 1.28 bits per heavy atom. The van der Waals surface area contributed by atoms with Gasteiger partial charge in [0.05, 0.1) is 7.11 Å². The molecule has 2 unspecified atom stereocenters. The first-order valence-electron chi connectivity index (χ1n) is 8.99. The van der Waals surface area contributed by atoms with Gasteiger partial charge in [-0.1, -0.05) is 12.1 Å². The van der Waals surface area contributed by atoms with Crippen molar-refractivity contribution in [1.82, 2.24) is 9.80 Å². The molecule has 0 saturated carbocycles. The highest BCUT2D eigenvalue weighted by Crippen LogP contribution is 2.35. The van der Waals surface area contributed by atoms with E-state index >= 15 is 0 Å². The molecule has 5 nitrogen and oxygen atoms in total. The van der Waals surface area contributed by atoms with E-state index < -0.39 is 0 Å². The van der Waals surface area contributed by atoms with Gasteiger partial charge in [0.15, 0.2) is 5.96 Å². The number of aliphatic imine (C=N–C) groups is 1. The van der Waals surface area contributed by atoms with Crippen LogP contribution in [0, 0.1) is 5.92 Å². The van der Waals surface area contributed by atoms with Gasteiger partial charge < -0.3 is 15.4 Å². The zero-order valence-electron chi connectivity index (χ0n) is 15.9. The van der Waals surface area contributed by atoms with Crippen LogP contribution in [0.4, 0.5) is 0 Å². The summed E-state index contributed by atoms with van der Waals surface area (Å²) in [6.07, 6.45) is 2.41. The summed E-state index contributed by atoms with van der Waals surface area (Å²) in [5.41, 5.74) is 7.49. The van der Waals surface area contributed by atoms with E-state index in [1.807, 2.05) is 12.1 Å². The third-order valence-electron chi connectivity index (χ3n) is 5.04. The van der Waals surface area contributed by atoms with E-state index in [-0.39, 0.29) is 24.0 Å². The molecule has 0 bridgehead atoms. The Kier molecular flexibility index (Phi) is 9.56. The maximum Gasteiger partial charge on any atom is 0.191 e. The minimum absolute atomic E-state index is 0. The second-order valence-electron chi connectivity index (χ2n) is 6.47. The number of rotatable bonds is 6. The number of likely N-dealkylation sites (tertiary alicyclic amines) is 1. The minimum atomic E-state index is 0. The van der Waals surface area contributed by atoms with Crippen molar-refractivity contribution in [3.63, 3.8) is 0 Å². The second kappa shape index (κ2) is 10.9. The standard InChI is InChI=1S/C19H32N4O.HI/c1-5-23(6-2)19(20)21-14-16-8-7-13-22(3)18(16)15-9-11-17(24-4)12-10-15;/h9-12,16,18H,5-8,13-14H2,1-4H3,(H2,20,21);1H. The maximum absolute atomic E-state index is 6.16. The molecule has 2 N–H and O–H groups in total. The Labute approximate surface area is 169 Å². The van der Waals surface area contributed by atoms with E-state index in [1.165, 1.54) is 18.4 Å². The lowest BCUT2D eigenvalue weighted by molar-refractivity contribution is 0.125. The fourth-order valence-corrected chi connectivity index (χ4v) is 3.64. The van der Waals surface area contributed by atoms with Crippen molar-refractivity contribution < 1.29 is 4.74 Å². The summed E-state index contributed by atoms with van der Waals surface area (Å²) >= 11 is 0. The topological polar surface area (TPSA) is 54.1 Å². The maximum atomic E-state index is 6.16. The summed E-state index contributed by atoms with van der Waals surface area (Å²) in [7, 11) is 3.91. The van der Waals surface area contributed by atoms with Gasteiger partial charge in [0.1, 0.15) is 5.75 Å². The van der Waals surface area contributed by atoms with Gasteiger partial charge in [-0.3, -0.25) is 9.89 Å². The van der Waals surface area contributed by atoms with Crippen LogP contribution in [0.1, 0.15) is 38.3 Å². The molecule has 0 amide bonds. The largest absolute Gasteiger partial charge is 0.497 e. The first kappa shape index (κ1) is 22.0. The number of hydrogen-bond donors (Lipinski definition) is 1. The lowest BCUT2D eigenvalue weighted by Crippen LogP contribution is -2.40. The van der Waals surface area contributed by atoms with E-state index in [0.29, 0.717) is 17.9 Å². The van der Waals surface area contributed by atoms with Crippen molar-refractivity contribution in [2.75, 3.05) is 40.3 Å². The summed E-state index contributed by atoms with van der Waals surface area (Å²) in [4.78, 5) is 9.25. The predicted molar refractivity (Wildman–Crippen MR) is 116 cm³/mol. The average Bonchev–Trinajstić information content (AvgIpc) is 2.61. The molecule has 2 rings (SSSR count). The Bertz CT molecular complexity index is 531. The van der Waals surface area contributed by atoms with E-state index in [0.717, 1.165) is 31.9 Å². The molecular weight excluding hydrogens is 427 g/mol. The van der Waals surface area contributed by atoms with E-state index in [4.69, 9.17) is 15.5 Å². The van der Waals surface area contributed by atoms with Crippen LogP contribution in [0.2, 0.25) is 0 Å². The van der Waals surface area contributed by atoms with Crippen LogP contribution in [-0.4, -0.2) is 56.1 Å². The molecule has 1 aliphatic rings. The average molecular weight is 460 g/mol. The molecule has 1 aromatic carbocycles. The predicted octanol–water partition coefficient (Wildman–Crippen LogP) is 3.35. The molecular formula is C19H33IN4O. The highest BCUT2D eigenvalue weighted by atomic mass is 127. The van der Waals surface area contributed by atoms with Crippen LogP contribution < -0.4 is 10.5 Å². The molecule has 1 aromatic rings. The fourth-order valence-electron chi connectivity index (χ4n) is 3.64. The zero-order valence-corrected chi connectivity index (χ0v) is 18.3. The number of halogens is 1. The van der Waals surface area contributed by atoms with Crippen LogP contribution in [0.3, 0.4) is 0 Å². The molecule has 0 radical (unpaired) electrons. The van der Waals surface area contributed by atoms with Gasteiger partial charge >= 0.3 is 0 Å². The number of methoxy groups -OCH3 is 1. The number of hydrogen-bond acceptors (Lipinski definition) is 3. The van der Waals surface area contributed by atoms with Crippen molar-refractivity contribution in [2.45, 2.75) is 32.7 Å². The molecule has 1 fully saturated rings. The Hall–Kier alpha value is -1.02. The van der Waals surface area contributed by atoms with Gasteiger partial charge in [-0.15, -0.1) is 24.0 Å². The van der Waals surface area contributed by atoms with Gasteiger partial charge in [0.2, 0.25) is 0 Å². The molecule has 1 heterocycles. The van der Waals surface area contributed by atoms with Crippen molar-refractivity contribution in [3.8, 4) is 5.75 Å². The Morgan fingerprint density at radius 3 is 2.48 bits per heavy atom. The number of benzene rings is 1. The third-order valence-corrected chi connectivity index (χ3v) is 5.04. The molecule has 25 heavy (non-hydrogen) atoms. The monoisotopic (exact) mass is 460 g/mol. The fraction of sp³-hybridized carbons (Fsp3) is 0.632. The normalized spacial score (nSPS) is 21.5. The van der Waals surface area contributed by atoms with Crippen molar-refractivity contribution in [1.29, 1.82) is 0 Å². The number of nitrogens with two attached hydrogens (primary N) is 1. The van der Waals surface area contributed by atoms with Crippen molar-refractivity contribution in [3.05, 3.63) is 29.8 Å². The summed E-state index contributed by atoms with van der Waals surface area (Å²) in [6, 6.07) is 8.83. The SMILES string of the molecule is CCN(CC)C(N)=NCC1CCCN(C)C1c1ccc(OC)cc1.I. The van der Waals surface area contributed by atoms with E-state index in [1.54, 1.807) is 7.11 Å². The van der Waals surface area contributed by atoms with Crippen molar-refractivity contribution >= 4 is 29.9 Å². The summed E-state index contributed by atoms with van der Waals surface area (Å²) in [5.74, 6) is 2.06.